The number of amides is 1. The predicted octanol–water partition coefficient (Wildman–Crippen LogP) is 3.35. The van der Waals surface area contributed by atoms with Crippen LogP contribution in [-0.4, -0.2) is 29.1 Å². The van der Waals surface area contributed by atoms with Gasteiger partial charge in [-0.3, -0.25) is 4.79 Å². The van der Waals surface area contributed by atoms with Crippen LogP contribution in [0.1, 0.15) is 31.7 Å². The summed E-state index contributed by atoms with van der Waals surface area (Å²) in [6.07, 6.45) is 4.59. The van der Waals surface area contributed by atoms with Crippen LogP contribution in [0.4, 0.5) is 0 Å². The van der Waals surface area contributed by atoms with Crippen LogP contribution in [0.5, 0.6) is 0 Å². The third-order valence-electron chi connectivity index (χ3n) is 3.90. The molecule has 1 atom stereocenters. The first-order valence-corrected chi connectivity index (χ1v) is 8.19. The van der Waals surface area contributed by atoms with Gasteiger partial charge >= 0.3 is 0 Å². The third-order valence-corrected chi connectivity index (χ3v) is 5.21. The van der Waals surface area contributed by atoms with Crippen LogP contribution in [0.2, 0.25) is 0 Å². The van der Waals surface area contributed by atoms with E-state index in [1.165, 1.54) is 23.3 Å². The van der Waals surface area contributed by atoms with Crippen molar-refractivity contribution in [1.82, 2.24) is 4.90 Å². The number of carbonyl (C=O) groups excluding carboxylic acids is 1. The predicted molar refractivity (Wildman–Crippen MR) is 79.4 cm³/mol. The van der Waals surface area contributed by atoms with Gasteiger partial charge in [0, 0.05) is 18.0 Å². The molecule has 1 heterocycles. The number of carbonyl (C=O) groups is 1. The van der Waals surface area contributed by atoms with E-state index in [0.29, 0.717) is 5.91 Å². The molecule has 0 spiro atoms. The van der Waals surface area contributed by atoms with Crippen LogP contribution in [0.15, 0.2) is 29.2 Å². The topological polar surface area (TPSA) is 20.3 Å². The standard InChI is InChI=1S/C16H21NOS/c1-2-9-17(11-12-7-8-12)16(18)15-10-13-5-3-4-6-14(13)19-15/h3-6,12,15H,2,7-11H2,1H3. The highest BCUT2D eigenvalue weighted by Crippen LogP contribution is 2.38. The van der Waals surface area contributed by atoms with Crippen LogP contribution in [-0.2, 0) is 11.2 Å². The van der Waals surface area contributed by atoms with Crippen molar-refractivity contribution in [3.8, 4) is 0 Å². The molecule has 3 rings (SSSR count). The zero-order chi connectivity index (χ0) is 13.2. The van der Waals surface area contributed by atoms with Crippen molar-refractivity contribution in [2.24, 2.45) is 5.92 Å². The lowest BCUT2D eigenvalue weighted by atomic mass is 10.1. The first kappa shape index (κ1) is 13.0. The summed E-state index contributed by atoms with van der Waals surface area (Å²) in [5, 5.41) is 0.114. The average molecular weight is 275 g/mol. The molecule has 1 saturated carbocycles. The van der Waals surface area contributed by atoms with Crippen molar-refractivity contribution in [3.05, 3.63) is 29.8 Å². The highest BCUT2D eigenvalue weighted by Gasteiger charge is 2.33. The molecule has 102 valence electrons. The van der Waals surface area contributed by atoms with Gasteiger partial charge in [0.2, 0.25) is 5.91 Å². The smallest absolute Gasteiger partial charge is 0.236 e. The Hall–Kier alpha value is -0.960. The van der Waals surface area contributed by atoms with Gasteiger partial charge in [0.05, 0.1) is 5.25 Å². The second-order valence-electron chi connectivity index (χ2n) is 5.65. The first-order chi connectivity index (χ1) is 9.28. The summed E-state index contributed by atoms with van der Waals surface area (Å²) in [4.78, 5) is 16.1. The summed E-state index contributed by atoms with van der Waals surface area (Å²) >= 11 is 1.75. The molecule has 0 radical (unpaired) electrons. The zero-order valence-corrected chi connectivity index (χ0v) is 12.3. The lowest BCUT2D eigenvalue weighted by Gasteiger charge is -2.24. The molecular weight excluding hydrogens is 254 g/mol. The van der Waals surface area contributed by atoms with Gasteiger partial charge in [-0.15, -0.1) is 11.8 Å². The minimum atomic E-state index is 0.114. The fourth-order valence-electron chi connectivity index (χ4n) is 2.70. The van der Waals surface area contributed by atoms with E-state index in [-0.39, 0.29) is 5.25 Å². The van der Waals surface area contributed by atoms with Crippen molar-refractivity contribution in [2.75, 3.05) is 13.1 Å². The lowest BCUT2D eigenvalue weighted by molar-refractivity contribution is -0.130. The molecule has 1 amide bonds. The highest BCUT2D eigenvalue weighted by molar-refractivity contribution is 8.01. The van der Waals surface area contributed by atoms with Crippen LogP contribution in [0, 0.1) is 5.92 Å². The maximum absolute atomic E-state index is 12.7. The second-order valence-corrected chi connectivity index (χ2v) is 6.89. The molecule has 1 aromatic rings. The van der Waals surface area contributed by atoms with Crippen LogP contribution in [0.25, 0.3) is 0 Å². The molecule has 2 nitrogen and oxygen atoms in total. The molecule has 0 saturated heterocycles. The van der Waals surface area contributed by atoms with E-state index in [0.717, 1.165) is 31.8 Å². The summed E-state index contributed by atoms with van der Waals surface area (Å²) in [6, 6.07) is 8.42. The van der Waals surface area contributed by atoms with Crippen molar-refractivity contribution in [2.45, 2.75) is 42.8 Å². The summed E-state index contributed by atoms with van der Waals surface area (Å²) < 4.78 is 0. The molecule has 0 aromatic heterocycles. The minimum absolute atomic E-state index is 0.114. The van der Waals surface area contributed by atoms with E-state index >= 15 is 0 Å². The van der Waals surface area contributed by atoms with Gasteiger partial charge in [0.1, 0.15) is 0 Å². The van der Waals surface area contributed by atoms with Crippen LogP contribution in [0.3, 0.4) is 0 Å². The Morgan fingerprint density at radius 3 is 2.84 bits per heavy atom. The number of hydrogen-bond acceptors (Lipinski definition) is 2. The van der Waals surface area contributed by atoms with Gasteiger partial charge in [-0.05, 0) is 43.2 Å². The van der Waals surface area contributed by atoms with Gasteiger partial charge in [0.15, 0.2) is 0 Å². The Kier molecular flexibility index (Phi) is 3.83. The largest absolute Gasteiger partial charge is 0.341 e. The highest BCUT2D eigenvalue weighted by atomic mass is 32.2. The third kappa shape index (κ3) is 2.97. The van der Waals surface area contributed by atoms with E-state index < -0.39 is 0 Å². The normalized spacial score (nSPS) is 21.2. The summed E-state index contributed by atoms with van der Waals surface area (Å²) in [5.41, 5.74) is 1.34. The van der Waals surface area contributed by atoms with Crippen LogP contribution >= 0.6 is 11.8 Å². The second kappa shape index (κ2) is 5.58. The zero-order valence-electron chi connectivity index (χ0n) is 11.5. The Balaban J connectivity index is 1.66. The molecule has 1 aromatic carbocycles. The van der Waals surface area contributed by atoms with E-state index in [1.807, 2.05) is 0 Å². The number of hydrogen-bond donors (Lipinski definition) is 0. The van der Waals surface area contributed by atoms with Gasteiger partial charge in [-0.2, -0.15) is 0 Å². The molecule has 2 aliphatic rings. The molecule has 0 N–H and O–H groups in total. The SMILES string of the molecule is CCCN(CC1CC1)C(=O)C1Cc2ccccc2S1. The molecule has 19 heavy (non-hydrogen) atoms. The minimum Gasteiger partial charge on any atom is -0.341 e. The molecular formula is C16H21NOS. The lowest BCUT2D eigenvalue weighted by Crippen LogP contribution is -2.39. The first-order valence-electron chi connectivity index (χ1n) is 7.31. The van der Waals surface area contributed by atoms with E-state index in [9.17, 15) is 4.79 Å². The number of rotatable bonds is 5. The molecule has 0 bridgehead atoms. The molecule has 1 aliphatic heterocycles. The van der Waals surface area contributed by atoms with E-state index in [2.05, 4.69) is 36.1 Å². The maximum Gasteiger partial charge on any atom is 0.236 e. The monoisotopic (exact) mass is 275 g/mol. The van der Waals surface area contributed by atoms with Gasteiger partial charge in [-0.1, -0.05) is 25.1 Å². The summed E-state index contributed by atoms with van der Waals surface area (Å²) in [5.74, 6) is 1.14. The van der Waals surface area contributed by atoms with Gasteiger partial charge in [-0.25, -0.2) is 0 Å². The van der Waals surface area contributed by atoms with Crippen LogP contribution < -0.4 is 0 Å². The van der Waals surface area contributed by atoms with Gasteiger partial charge < -0.3 is 4.90 Å². The van der Waals surface area contributed by atoms with Gasteiger partial charge in [0.25, 0.3) is 0 Å². The van der Waals surface area contributed by atoms with E-state index in [4.69, 9.17) is 0 Å². The summed E-state index contributed by atoms with van der Waals surface area (Å²) in [6.45, 7) is 4.06. The Bertz CT molecular complexity index is 445. The number of fused-ring (bicyclic) bond motifs is 1. The fraction of sp³-hybridized carbons (Fsp3) is 0.562. The fourth-order valence-corrected chi connectivity index (χ4v) is 3.98. The quantitative estimate of drug-likeness (QED) is 0.821. The van der Waals surface area contributed by atoms with Crippen molar-refractivity contribution in [3.63, 3.8) is 0 Å². The Morgan fingerprint density at radius 2 is 2.16 bits per heavy atom. The molecule has 1 fully saturated rings. The molecule has 1 aliphatic carbocycles. The number of thioether (sulfide) groups is 1. The van der Waals surface area contributed by atoms with Crippen molar-refractivity contribution < 1.29 is 4.79 Å². The molecule has 1 unspecified atom stereocenters. The maximum atomic E-state index is 12.7. The molecule has 3 heteroatoms. The Morgan fingerprint density at radius 1 is 1.37 bits per heavy atom. The number of nitrogens with zero attached hydrogens (tertiary/aromatic N) is 1. The number of benzene rings is 1. The van der Waals surface area contributed by atoms with Crippen molar-refractivity contribution >= 4 is 17.7 Å². The Labute approximate surface area is 119 Å². The van der Waals surface area contributed by atoms with E-state index in [1.54, 1.807) is 11.8 Å². The van der Waals surface area contributed by atoms with Crippen molar-refractivity contribution in [1.29, 1.82) is 0 Å². The summed E-state index contributed by atoms with van der Waals surface area (Å²) in [7, 11) is 0. The average Bonchev–Trinajstić information content (AvgIpc) is 3.13.